The summed E-state index contributed by atoms with van der Waals surface area (Å²) in [5.41, 5.74) is 2.19. The van der Waals surface area contributed by atoms with Gasteiger partial charge in [-0.15, -0.1) is 0 Å². The Morgan fingerprint density at radius 3 is 2.17 bits per heavy atom. The maximum absolute atomic E-state index is 5.50. The average Bonchev–Trinajstić information content (AvgIpc) is 2.60. The van der Waals surface area contributed by atoms with E-state index in [0.29, 0.717) is 0 Å². The molecule has 0 unspecified atom stereocenters. The zero-order valence-corrected chi connectivity index (χ0v) is 14.8. The van der Waals surface area contributed by atoms with E-state index in [4.69, 9.17) is 13.3 Å². The van der Waals surface area contributed by atoms with Gasteiger partial charge in [-0.05, 0) is 40.8 Å². The van der Waals surface area contributed by atoms with Gasteiger partial charge >= 0.3 is 8.97 Å². The molecule has 1 N–H and O–H groups in total. The summed E-state index contributed by atoms with van der Waals surface area (Å²) in [5.74, 6) is 0. The van der Waals surface area contributed by atoms with Crippen LogP contribution in [-0.4, -0.2) is 30.3 Å². The Hall–Kier alpha value is -1.92. The van der Waals surface area contributed by atoms with Crippen LogP contribution >= 0.6 is 0 Å². The molecule has 0 amide bonds. The quantitative estimate of drug-likeness (QED) is 0.566. The van der Waals surface area contributed by atoms with E-state index in [2.05, 4.69) is 48.3 Å². The summed E-state index contributed by atoms with van der Waals surface area (Å²) in [6, 6.07) is 16.8. The number of anilines is 1. The lowest BCUT2D eigenvalue weighted by atomic mass is 9.97. The Balaban J connectivity index is 2.24. The minimum absolute atomic E-state index is 0.961. The summed E-state index contributed by atoms with van der Waals surface area (Å²) < 4.78 is 16.5. The molecule has 3 aromatic carbocycles. The fourth-order valence-corrected chi connectivity index (χ4v) is 4.39. The van der Waals surface area contributed by atoms with E-state index in [1.165, 1.54) is 21.7 Å². The van der Waals surface area contributed by atoms with Crippen LogP contribution in [0.3, 0.4) is 0 Å². The van der Waals surface area contributed by atoms with Crippen LogP contribution in [0.15, 0.2) is 48.5 Å². The fraction of sp³-hybridized carbons (Fsp3) is 0.222. The van der Waals surface area contributed by atoms with Crippen molar-refractivity contribution in [1.29, 1.82) is 0 Å². The summed E-state index contributed by atoms with van der Waals surface area (Å²) in [5, 5.41) is 4.82. The molecule has 5 heteroatoms. The van der Waals surface area contributed by atoms with Gasteiger partial charge in [-0.25, -0.2) is 0 Å². The number of nitrogens with one attached hydrogen (secondary N) is 1. The average molecular weight is 327 g/mol. The van der Waals surface area contributed by atoms with Crippen molar-refractivity contribution < 1.29 is 13.3 Å². The molecule has 3 rings (SSSR count). The van der Waals surface area contributed by atoms with Gasteiger partial charge < -0.3 is 18.3 Å². The zero-order valence-electron chi connectivity index (χ0n) is 13.8. The molecule has 4 nitrogen and oxygen atoms in total. The Morgan fingerprint density at radius 2 is 1.48 bits per heavy atom. The first-order valence-corrected chi connectivity index (χ1v) is 9.21. The lowest BCUT2D eigenvalue weighted by molar-refractivity contribution is 0.132. The van der Waals surface area contributed by atoms with Crippen molar-refractivity contribution >= 4 is 36.2 Å². The Labute approximate surface area is 137 Å². The molecule has 0 aliphatic heterocycles. The normalized spacial score (nSPS) is 12.0. The highest BCUT2D eigenvalue weighted by Gasteiger charge is 2.40. The first-order chi connectivity index (χ1) is 11.1. The van der Waals surface area contributed by atoms with Gasteiger partial charge in [0.05, 0.1) is 0 Å². The molecule has 0 heterocycles. The van der Waals surface area contributed by atoms with Gasteiger partial charge in [0.2, 0.25) is 0 Å². The predicted octanol–water partition coefficient (Wildman–Crippen LogP) is 4.09. The fourth-order valence-electron chi connectivity index (χ4n) is 3.05. The monoisotopic (exact) mass is 327 g/mol. The molecule has 0 fully saturated rings. The molecule has 23 heavy (non-hydrogen) atoms. The summed E-state index contributed by atoms with van der Waals surface area (Å²) >= 11 is 0. The van der Waals surface area contributed by atoms with E-state index in [9.17, 15) is 0 Å². The minimum Gasteiger partial charge on any atom is -0.360 e. The summed E-state index contributed by atoms with van der Waals surface area (Å²) in [6.45, 7) is 2.14. The molecule has 0 spiro atoms. The Bertz CT molecular complexity index is 838. The highest BCUT2D eigenvalue weighted by molar-refractivity contribution is 6.64. The molecule has 0 atom stereocenters. The number of hydrogen-bond acceptors (Lipinski definition) is 4. The van der Waals surface area contributed by atoms with Crippen LogP contribution in [0.2, 0.25) is 0 Å². The third-order valence-corrected chi connectivity index (χ3v) is 6.43. The standard InChI is InChI=1S/C18H21NO3Si/c1-13-16-10-6-5-8-14(16)12-15-9-7-11-17(18(13)15)19-23(20-2,21-3)22-4/h5-12,19H,1-4H3. The van der Waals surface area contributed by atoms with Gasteiger partial charge in [0.1, 0.15) is 0 Å². The highest BCUT2D eigenvalue weighted by atomic mass is 28.4. The second-order valence-corrected chi connectivity index (χ2v) is 8.01. The number of benzene rings is 3. The SMILES string of the molecule is CO[Si](Nc1cccc2cc3ccccc3c(C)c12)(OC)OC. The topological polar surface area (TPSA) is 39.7 Å². The van der Waals surface area contributed by atoms with E-state index >= 15 is 0 Å². The molecule has 0 saturated heterocycles. The number of fused-ring (bicyclic) bond motifs is 2. The molecular formula is C18H21NO3Si. The van der Waals surface area contributed by atoms with Crippen molar-refractivity contribution in [1.82, 2.24) is 0 Å². The molecule has 0 aliphatic rings. The van der Waals surface area contributed by atoms with Crippen molar-refractivity contribution in [2.75, 3.05) is 26.3 Å². The molecule has 3 aromatic rings. The lowest BCUT2D eigenvalue weighted by Crippen LogP contribution is -2.51. The van der Waals surface area contributed by atoms with Crippen molar-refractivity contribution in [3.63, 3.8) is 0 Å². The number of rotatable bonds is 5. The van der Waals surface area contributed by atoms with E-state index in [1.807, 2.05) is 12.1 Å². The van der Waals surface area contributed by atoms with Crippen LogP contribution in [0.5, 0.6) is 0 Å². The van der Waals surface area contributed by atoms with Crippen LogP contribution in [0, 0.1) is 6.92 Å². The van der Waals surface area contributed by atoms with E-state index in [1.54, 1.807) is 21.3 Å². The summed E-state index contributed by atoms with van der Waals surface area (Å²) in [7, 11) is 1.87. The Kier molecular flexibility index (Phi) is 4.36. The van der Waals surface area contributed by atoms with Crippen LogP contribution in [0.1, 0.15) is 5.56 Å². The molecule has 0 aromatic heterocycles. The Morgan fingerprint density at radius 1 is 0.826 bits per heavy atom. The maximum Gasteiger partial charge on any atom is 0.630 e. The van der Waals surface area contributed by atoms with Crippen LogP contribution in [0.4, 0.5) is 5.69 Å². The molecular weight excluding hydrogens is 306 g/mol. The lowest BCUT2D eigenvalue weighted by Gasteiger charge is -2.26. The van der Waals surface area contributed by atoms with Gasteiger partial charge in [0, 0.05) is 32.4 Å². The van der Waals surface area contributed by atoms with Gasteiger partial charge in [0.25, 0.3) is 0 Å². The zero-order chi connectivity index (χ0) is 16.4. The number of aryl methyl sites for hydroxylation is 1. The van der Waals surface area contributed by atoms with Crippen LogP contribution < -0.4 is 4.98 Å². The van der Waals surface area contributed by atoms with Crippen molar-refractivity contribution in [3.8, 4) is 0 Å². The van der Waals surface area contributed by atoms with Crippen LogP contribution in [-0.2, 0) is 13.3 Å². The first-order valence-electron chi connectivity index (χ1n) is 7.49. The molecule has 0 radical (unpaired) electrons. The third-order valence-electron chi connectivity index (χ3n) is 4.24. The minimum atomic E-state index is -2.92. The molecule has 120 valence electrons. The molecule has 0 bridgehead atoms. The molecule has 0 saturated carbocycles. The highest BCUT2D eigenvalue weighted by Crippen LogP contribution is 2.33. The van der Waals surface area contributed by atoms with Crippen LogP contribution in [0.25, 0.3) is 21.5 Å². The second-order valence-electron chi connectivity index (χ2n) is 5.42. The summed E-state index contributed by atoms with van der Waals surface area (Å²) in [6.07, 6.45) is 0. The maximum atomic E-state index is 5.50. The largest absolute Gasteiger partial charge is 0.630 e. The number of hydrogen-bond donors (Lipinski definition) is 1. The first kappa shape index (κ1) is 16.0. The van der Waals surface area contributed by atoms with E-state index < -0.39 is 8.97 Å². The third kappa shape index (κ3) is 2.72. The summed E-state index contributed by atoms with van der Waals surface area (Å²) in [4.78, 5) is 3.36. The van der Waals surface area contributed by atoms with Crippen molar-refractivity contribution in [2.24, 2.45) is 0 Å². The smallest absolute Gasteiger partial charge is 0.360 e. The van der Waals surface area contributed by atoms with Crippen molar-refractivity contribution in [3.05, 3.63) is 54.1 Å². The predicted molar refractivity (Wildman–Crippen MR) is 96.6 cm³/mol. The van der Waals surface area contributed by atoms with E-state index in [-0.39, 0.29) is 0 Å². The van der Waals surface area contributed by atoms with Gasteiger partial charge in [-0.1, -0.05) is 36.4 Å². The molecule has 0 aliphatic carbocycles. The van der Waals surface area contributed by atoms with Gasteiger partial charge in [0.15, 0.2) is 0 Å². The van der Waals surface area contributed by atoms with Gasteiger partial charge in [-0.3, -0.25) is 0 Å². The van der Waals surface area contributed by atoms with E-state index in [0.717, 1.165) is 11.1 Å². The second kappa shape index (κ2) is 6.29. The van der Waals surface area contributed by atoms with Gasteiger partial charge in [-0.2, -0.15) is 0 Å². The van der Waals surface area contributed by atoms with Crippen molar-refractivity contribution in [2.45, 2.75) is 6.92 Å².